The van der Waals surface area contributed by atoms with Crippen molar-refractivity contribution in [2.45, 2.75) is 33.7 Å². The monoisotopic (exact) mass is 500 g/mol. The van der Waals surface area contributed by atoms with Crippen LogP contribution in [-0.2, 0) is 16.6 Å². The van der Waals surface area contributed by atoms with E-state index in [2.05, 4.69) is 5.32 Å². The molecule has 0 saturated heterocycles. The summed E-state index contributed by atoms with van der Waals surface area (Å²) in [5.74, 6) is 0.256. The van der Waals surface area contributed by atoms with Gasteiger partial charge in [0.05, 0.1) is 30.1 Å². The summed E-state index contributed by atoms with van der Waals surface area (Å²) in [4.78, 5) is 12.6. The number of hydrogen-bond donors (Lipinski definition) is 1. The zero-order valence-corrected chi connectivity index (χ0v) is 21.3. The van der Waals surface area contributed by atoms with Gasteiger partial charge in [0.15, 0.2) is 0 Å². The van der Waals surface area contributed by atoms with E-state index in [1.807, 2.05) is 51.1 Å². The lowest BCUT2D eigenvalue weighted by atomic mass is 10.1. The van der Waals surface area contributed by atoms with E-state index in [4.69, 9.17) is 16.3 Å². The van der Waals surface area contributed by atoms with Crippen molar-refractivity contribution >= 4 is 38.9 Å². The van der Waals surface area contributed by atoms with Gasteiger partial charge in [0, 0.05) is 11.3 Å². The second-order valence-corrected chi connectivity index (χ2v) is 10.5. The Balaban J connectivity index is 1.79. The van der Waals surface area contributed by atoms with E-state index in [0.717, 1.165) is 16.7 Å². The second kappa shape index (κ2) is 10.9. The number of aryl methyl sites for hydroxylation is 2. The Morgan fingerprint density at radius 3 is 2.29 bits per heavy atom. The molecule has 34 heavy (non-hydrogen) atoms. The molecule has 3 rings (SSSR count). The maximum absolute atomic E-state index is 13.0. The lowest BCUT2D eigenvalue weighted by molar-refractivity contribution is 0.102. The summed E-state index contributed by atoms with van der Waals surface area (Å²) in [5.41, 5.74) is 4.59. The molecule has 6 nitrogen and oxygen atoms in total. The number of halogens is 1. The van der Waals surface area contributed by atoms with Crippen molar-refractivity contribution in [3.8, 4) is 5.75 Å². The van der Waals surface area contributed by atoms with Gasteiger partial charge in [-0.1, -0.05) is 36.7 Å². The smallest absolute Gasteiger partial charge is 0.255 e. The molecule has 0 saturated carbocycles. The molecule has 0 bridgehead atoms. The van der Waals surface area contributed by atoms with Gasteiger partial charge >= 0.3 is 0 Å². The van der Waals surface area contributed by atoms with Crippen LogP contribution in [-0.4, -0.2) is 27.2 Å². The number of carbonyl (C=O) groups is 1. The first-order chi connectivity index (χ1) is 16.1. The van der Waals surface area contributed by atoms with Crippen molar-refractivity contribution in [3.63, 3.8) is 0 Å². The first-order valence-electron chi connectivity index (χ1n) is 11.0. The molecule has 0 aliphatic rings. The Hall–Kier alpha value is -3.03. The number of ether oxygens (including phenoxy) is 1. The first kappa shape index (κ1) is 25.6. The molecular weight excluding hydrogens is 472 g/mol. The summed E-state index contributed by atoms with van der Waals surface area (Å²) < 4.78 is 32.6. The average Bonchev–Trinajstić information content (AvgIpc) is 2.80. The van der Waals surface area contributed by atoms with Gasteiger partial charge in [0.2, 0.25) is 10.0 Å². The van der Waals surface area contributed by atoms with Gasteiger partial charge in [-0.05, 0) is 79.4 Å². The van der Waals surface area contributed by atoms with Gasteiger partial charge in [-0.3, -0.25) is 9.10 Å². The van der Waals surface area contributed by atoms with Crippen LogP contribution in [0.15, 0.2) is 60.7 Å². The highest BCUT2D eigenvalue weighted by atomic mass is 35.5. The molecule has 0 aromatic heterocycles. The quantitative estimate of drug-likeness (QED) is 0.393. The van der Waals surface area contributed by atoms with E-state index < -0.39 is 10.0 Å². The van der Waals surface area contributed by atoms with Crippen molar-refractivity contribution in [2.24, 2.45) is 0 Å². The van der Waals surface area contributed by atoms with Crippen LogP contribution in [0.3, 0.4) is 0 Å². The standard InChI is InChI=1S/C26H29ClN2O4S/c1-5-14-34(31,32)29(23-12-6-18(2)19(3)15-23)17-20-7-10-22(11-8-20)28-26(30)21-9-13-25(33-4)24(27)16-21/h6-13,15-16H,5,14,17H2,1-4H3,(H,28,30). The number of carbonyl (C=O) groups excluding carboxylic acids is 1. The minimum absolute atomic E-state index is 0.0679. The fourth-order valence-corrected chi connectivity index (χ4v) is 5.24. The van der Waals surface area contributed by atoms with Crippen LogP contribution in [0.1, 0.15) is 40.4 Å². The highest BCUT2D eigenvalue weighted by Gasteiger charge is 2.22. The molecule has 0 unspecified atom stereocenters. The summed E-state index contributed by atoms with van der Waals surface area (Å²) in [6, 6.07) is 17.6. The molecular formula is C26H29ClN2O4S. The van der Waals surface area contributed by atoms with Crippen LogP contribution in [0.5, 0.6) is 5.75 Å². The largest absolute Gasteiger partial charge is 0.495 e. The Morgan fingerprint density at radius 1 is 1.00 bits per heavy atom. The number of amides is 1. The third-order valence-electron chi connectivity index (χ3n) is 5.53. The number of anilines is 2. The van der Waals surface area contributed by atoms with E-state index in [-0.39, 0.29) is 18.2 Å². The third-order valence-corrected chi connectivity index (χ3v) is 7.76. The van der Waals surface area contributed by atoms with Gasteiger partial charge in [-0.15, -0.1) is 0 Å². The minimum Gasteiger partial charge on any atom is -0.495 e. The summed E-state index contributed by atoms with van der Waals surface area (Å²) >= 11 is 6.12. The van der Waals surface area contributed by atoms with Crippen molar-refractivity contribution in [1.29, 1.82) is 0 Å². The molecule has 0 atom stereocenters. The molecule has 0 radical (unpaired) electrons. The lowest BCUT2D eigenvalue weighted by Crippen LogP contribution is -2.32. The molecule has 3 aromatic rings. The molecule has 180 valence electrons. The van der Waals surface area contributed by atoms with E-state index in [0.29, 0.717) is 34.1 Å². The van der Waals surface area contributed by atoms with Gasteiger partial charge in [-0.2, -0.15) is 0 Å². The van der Waals surface area contributed by atoms with E-state index >= 15 is 0 Å². The van der Waals surface area contributed by atoms with Gasteiger partial charge in [-0.25, -0.2) is 8.42 Å². The minimum atomic E-state index is -3.49. The number of hydrogen-bond acceptors (Lipinski definition) is 4. The molecule has 0 aliphatic carbocycles. The number of benzene rings is 3. The molecule has 8 heteroatoms. The fraction of sp³-hybridized carbons (Fsp3) is 0.269. The molecule has 1 amide bonds. The van der Waals surface area contributed by atoms with Crippen LogP contribution >= 0.6 is 11.6 Å². The zero-order valence-electron chi connectivity index (χ0n) is 19.8. The number of sulfonamides is 1. The highest BCUT2D eigenvalue weighted by molar-refractivity contribution is 7.92. The van der Waals surface area contributed by atoms with Crippen molar-refractivity contribution in [3.05, 3.63) is 87.9 Å². The Bertz CT molecular complexity index is 1270. The Morgan fingerprint density at radius 2 is 1.71 bits per heavy atom. The lowest BCUT2D eigenvalue weighted by Gasteiger charge is -2.25. The number of rotatable bonds is 9. The van der Waals surface area contributed by atoms with Crippen LogP contribution in [0, 0.1) is 13.8 Å². The summed E-state index contributed by atoms with van der Waals surface area (Å²) in [7, 11) is -1.98. The summed E-state index contributed by atoms with van der Waals surface area (Å²) in [6.07, 6.45) is 0.532. The molecule has 1 N–H and O–H groups in total. The molecule has 0 heterocycles. The molecule has 3 aromatic carbocycles. The SMILES string of the molecule is CCCS(=O)(=O)N(Cc1ccc(NC(=O)c2ccc(OC)c(Cl)c2)cc1)c1ccc(C)c(C)c1. The van der Waals surface area contributed by atoms with Gasteiger partial charge < -0.3 is 10.1 Å². The number of nitrogens with one attached hydrogen (secondary N) is 1. The van der Waals surface area contributed by atoms with Crippen LogP contribution in [0.2, 0.25) is 5.02 Å². The molecule has 0 spiro atoms. The average molecular weight is 501 g/mol. The maximum Gasteiger partial charge on any atom is 0.255 e. The van der Waals surface area contributed by atoms with Gasteiger partial charge in [0.1, 0.15) is 5.75 Å². The fourth-order valence-electron chi connectivity index (χ4n) is 3.47. The van der Waals surface area contributed by atoms with Crippen LogP contribution in [0.25, 0.3) is 0 Å². The normalized spacial score (nSPS) is 11.2. The number of nitrogens with zero attached hydrogens (tertiary/aromatic N) is 1. The Kier molecular flexibility index (Phi) is 8.23. The third kappa shape index (κ3) is 6.10. The predicted molar refractivity (Wildman–Crippen MR) is 139 cm³/mol. The van der Waals surface area contributed by atoms with Crippen LogP contribution < -0.4 is 14.4 Å². The van der Waals surface area contributed by atoms with Crippen molar-refractivity contribution in [1.82, 2.24) is 0 Å². The van der Waals surface area contributed by atoms with Gasteiger partial charge in [0.25, 0.3) is 5.91 Å². The van der Waals surface area contributed by atoms with Crippen molar-refractivity contribution in [2.75, 3.05) is 22.5 Å². The molecule has 0 fully saturated rings. The Labute approximate surface area is 206 Å². The van der Waals surface area contributed by atoms with Crippen molar-refractivity contribution < 1.29 is 17.9 Å². The molecule has 0 aliphatic heterocycles. The highest BCUT2D eigenvalue weighted by Crippen LogP contribution is 2.27. The van der Waals surface area contributed by atoms with E-state index in [1.165, 1.54) is 11.4 Å². The summed E-state index contributed by atoms with van der Waals surface area (Å²) in [5, 5.41) is 3.18. The summed E-state index contributed by atoms with van der Waals surface area (Å²) in [6.45, 7) is 6.02. The zero-order chi connectivity index (χ0) is 24.9. The topological polar surface area (TPSA) is 75.7 Å². The van der Waals surface area contributed by atoms with E-state index in [1.54, 1.807) is 30.3 Å². The predicted octanol–water partition coefficient (Wildman–Crippen LogP) is 5.96. The number of methoxy groups -OCH3 is 1. The second-order valence-electron chi connectivity index (χ2n) is 8.09. The maximum atomic E-state index is 13.0. The first-order valence-corrected chi connectivity index (χ1v) is 12.9. The van der Waals surface area contributed by atoms with Crippen LogP contribution in [0.4, 0.5) is 11.4 Å². The van der Waals surface area contributed by atoms with E-state index in [9.17, 15) is 13.2 Å².